The van der Waals surface area contributed by atoms with Gasteiger partial charge in [0.05, 0.1) is 13.2 Å². The van der Waals surface area contributed by atoms with Crippen molar-refractivity contribution in [2.24, 2.45) is 0 Å². The summed E-state index contributed by atoms with van der Waals surface area (Å²) in [7, 11) is 0. The summed E-state index contributed by atoms with van der Waals surface area (Å²) in [5.74, 6) is 0.944. The van der Waals surface area contributed by atoms with Crippen LogP contribution in [0.3, 0.4) is 0 Å². The number of likely N-dealkylation sites (tertiary alicyclic amines) is 1. The molecule has 5 nitrogen and oxygen atoms in total. The van der Waals surface area contributed by atoms with Gasteiger partial charge in [-0.2, -0.15) is 0 Å². The number of hydrogen-bond acceptors (Lipinski definition) is 4. The topological polar surface area (TPSA) is 49.9 Å². The molecule has 130 valence electrons. The maximum Gasteiger partial charge on any atom is 0.245 e. The SMILES string of the molecule is O=C(C1CCCN1C(=O)CCSc1ccccc1)N1CCOCC1. The van der Waals surface area contributed by atoms with Crippen LogP contribution >= 0.6 is 11.8 Å². The summed E-state index contributed by atoms with van der Waals surface area (Å²) >= 11 is 1.69. The van der Waals surface area contributed by atoms with Crippen molar-refractivity contribution in [1.29, 1.82) is 0 Å². The zero-order valence-corrected chi connectivity index (χ0v) is 14.7. The molecule has 1 atom stereocenters. The van der Waals surface area contributed by atoms with Gasteiger partial charge in [0.15, 0.2) is 0 Å². The van der Waals surface area contributed by atoms with Gasteiger partial charge in [0.1, 0.15) is 6.04 Å². The van der Waals surface area contributed by atoms with Gasteiger partial charge in [-0.25, -0.2) is 0 Å². The first-order valence-electron chi connectivity index (χ1n) is 8.59. The molecule has 0 saturated carbocycles. The van der Waals surface area contributed by atoms with Gasteiger partial charge in [-0.15, -0.1) is 11.8 Å². The monoisotopic (exact) mass is 348 g/mol. The second kappa shape index (κ2) is 8.53. The standard InChI is InChI=1S/C18H24N2O3S/c21-17(8-14-24-15-5-2-1-3-6-15)20-9-4-7-16(20)18(22)19-10-12-23-13-11-19/h1-3,5-6,16H,4,7-14H2. The molecule has 2 aliphatic heterocycles. The summed E-state index contributed by atoms with van der Waals surface area (Å²) in [6.07, 6.45) is 2.18. The highest BCUT2D eigenvalue weighted by molar-refractivity contribution is 7.99. The van der Waals surface area contributed by atoms with E-state index in [1.165, 1.54) is 4.90 Å². The number of carbonyl (C=O) groups is 2. The molecule has 0 N–H and O–H groups in total. The predicted octanol–water partition coefficient (Wildman–Crippen LogP) is 2.02. The average Bonchev–Trinajstić information content (AvgIpc) is 3.12. The maximum atomic E-state index is 12.7. The van der Waals surface area contributed by atoms with Crippen LogP contribution in [-0.2, 0) is 14.3 Å². The van der Waals surface area contributed by atoms with E-state index in [9.17, 15) is 9.59 Å². The summed E-state index contributed by atoms with van der Waals surface area (Å²) in [4.78, 5) is 30.0. The van der Waals surface area contributed by atoms with Crippen molar-refractivity contribution >= 4 is 23.6 Å². The quantitative estimate of drug-likeness (QED) is 0.764. The number of nitrogens with zero attached hydrogens (tertiary/aromatic N) is 2. The highest BCUT2D eigenvalue weighted by Crippen LogP contribution is 2.23. The summed E-state index contributed by atoms with van der Waals surface area (Å²) in [6.45, 7) is 3.18. The molecule has 24 heavy (non-hydrogen) atoms. The normalized spacial score (nSPS) is 21.1. The van der Waals surface area contributed by atoms with Crippen LogP contribution in [0.1, 0.15) is 19.3 Å². The van der Waals surface area contributed by atoms with E-state index in [0.29, 0.717) is 39.3 Å². The molecule has 1 aromatic rings. The lowest BCUT2D eigenvalue weighted by molar-refractivity contribution is -0.146. The van der Waals surface area contributed by atoms with Crippen LogP contribution in [0.4, 0.5) is 0 Å². The van der Waals surface area contributed by atoms with E-state index in [0.717, 1.165) is 18.6 Å². The van der Waals surface area contributed by atoms with E-state index in [2.05, 4.69) is 12.1 Å². The highest BCUT2D eigenvalue weighted by atomic mass is 32.2. The third-order valence-electron chi connectivity index (χ3n) is 4.51. The molecule has 2 fully saturated rings. The highest BCUT2D eigenvalue weighted by Gasteiger charge is 2.36. The minimum Gasteiger partial charge on any atom is -0.378 e. The Bertz CT molecular complexity index is 561. The van der Waals surface area contributed by atoms with E-state index in [-0.39, 0.29) is 17.9 Å². The molecule has 0 aliphatic carbocycles. The number of hydrogen-bond donors (Lipinski definition) is 0. The largest absolute Gasteiger partial charge is 0.378 e. The van der Waals surface area contributed by atoms with Crippen molar-refractivity contribution in [3.8, 4) is 0 Å². The van der Waals surface area contributed by atoms with Gasteiger partial charge >= 0.3 is 0 Å². The van der Waals surface area contributed by atoms with Gasteiger partial charge in [-0.3, -0.25) is 9.59 Å². The van der Waals surface area contributed by atoms with E-state index in [1.807, 2.05) is 23.1 Å². The van der Waals surface area contributed by atoms with Gasteiger partial charge in [-0.05, 0) is 25.0 Å². The Hall–Kier alpha value is -1.53. The van der Waals surface area contributed by atoms with Gasteiger partial charge in [0.25, 0.3) is 0 Å². The van der Waals surface area contributed by atoms with E-state index in [4.69, 9.17) is 4.74 Å². The van der Waals surface area contributed by atoms with Crippen LogP contribution in [0.25, 0.3) is 0 Å². The fourth-order valence-electron chi connectivity index (χ4n) is 3.23. The molecule has 1 aromatic carbocycles. The number of amides is 2. The first-order chi connectivity index (χ1) is 11.8. The minimum absolute atomic E-state index is 0.0971. The molecule has 0 bridgehead atoms. The average molecular weight is 348 g/mol. The van der Waals surface area contributed by atoms with Crippen LogP contribution in [0, 0.1) is 0 Å². The zero-order chi connectivity index (χ0) is 16.8. The lowest BCUT2D eigenvalue weighted by atomic mass is 10.1. The Labute approximate surface area is 147 Å². The molecule has 0 spiro atoms. The molecule has 6 heteroatoms. The van der Waals surface area contributed by atoms with Crippen LogP contribution in [-0.4, -0.2) is 66.3 Å². The third-order valence-corrected chi connectivity index (χ3v) is 5.52. The van der Waals surface area contributed by atoms with Crippen LogP contribution < -0.4 is 0 Å². The lowest BCUT2D eigenvalue weighted by Gasteiger charge is -2.32. The maximum absolute atomic E-state index is 12.7. The van der Waals surface area contributed by atoms with Crippen LogP contribution in [0.15, 0.2) is 35.2 Å². The fourth-order valence-corrected chi connectivity index (χ4v) is 4.09. The van der Waals surface area contributed by atoms with Crippen molar-refractivity contribution in [3.63, 3.8) is 0 Å². The van der Waals surface area contributed by atoms with Gasteiger partial charge in [0.2, 0.25) is 11.8 Å². The zero-order valence-electron chi connectivity index (χ0n) is 13.9. The molecule has 3 rings (SSSR count). The van der Waals surface area contributed by atoms with Gasteiger partial charge < -0.3 is 14.5 Å². The number of ether oxygens (including phenoxy) is 1. The summed E-state index contributed by atoms with van der Waals surface area (Å²) in [6, 6.07) is 9.83. The summed E-state index contributed by atoms with van der Waals surface area (Å²) in [5, 5.41) is 0. The number of thioether (sulfide) groups is 1. The van der Waals surface area contributed by atoms with Crippen molar-refractivity contribution in [2.75, 3.05) is 38.6 Å². The van der Waals surface area contributed by atoms with E-state index >= 15 is 0 Å². The van der Waals surface area contributed by atoms with Crippen LogP contribution in [0.5, 0.6) is 0 Å². The smallest absolute Gasteiger partial charge is 0.245 e. The molecule has 0 aromatic heterocycles. The summed E-state index contributed by atoms with van der Waals surface area (Å²) in [5.41, 5.74) is 0. The number of morpholine rings is 1. The summed E-state index contributed by atoms with van der Waals surface area (Å²) < 4.78 is 5.30. The molecule has 2 heterocycles. The van der Waals surface area contributed by atoms with Crippen molar-refractivity contribution in [3.05, 3.63) is 30.3 Å². The van der Waals surface area contributed by atoms with E-state index in [1.54, 1.807) is 16.7 Å². The second-order valence-corrected chi connectivity index (χ2v) is 7.26. The second-order valence-electron chi connectivity index (χ2n) is 6.09. The van der Waals surface area contributed by atoms with Gasteiger partial charge in [-0.1, -0.05) is 18.2 Å². The Kier molecular flexibility index (Phi) is 6.15. The number of benzene rings is 1. The predicted molar refractivity (Wildman–Crippen MR) is 93.9 cm³/mol. The Morgan fingerprint density at radius 3 is 2.62 bits per heavy atom. The van der Waals surface area contributed by atoms with Crippen molar-refractivity contribution < 1.29 is 14.3 Å². The Morgan fingerprint density at radius 1 is 1.12 bits per heavy atom. The van der Waals surface area contributed by atoms with Crippen molar-refractivity contribution in [1.82, 2.24) is 9.80 Å². The molecule has 1 unspecified atom stereocenters. The lowest BCUT2D eigenvalue weighted by Crippen LogP contribution is -2.51. The molecular formula is C18H24N2O3S. The molecule has 2 saturated heterocycles. The molecular weight excluding hydrogens is 324 g/mol. The number of carbonyl (C=O) groups excluding carboxylic acids is 2. The third kappa shape index (κ3) is 4.30. The van der Waals surface area contributed by atoms with E-state index < -0.39 is 0 Å². The molecule has 2 aliphatic rings. The first kappa shape index (κ1) is 17.3. The Balaban J connectivity index is 1.50. The molecule has 0 radical (unpaired) electrons. The van der Waals surface area contributed by atoms with Crippen LogP contribution in [0.2, 0.25) is 0 Å². The first-order valence-corrected chi connectivity index (χ1v) is 9.58. The minimum atomic E-state index is -0.266. The van der Waals surface area contributed by atoms with Gasteiger partial charge in [0, 0.05) is 36.7 Å². The molecule has 2 amide bonds. The van der Waals surface area contributed by atoms with Crippen molar-refractivity contribution in [2.45, 2.75) is 30.2 Å². The fraction of sp³-hybridized carbons (Fsp3) is 0.556. The number of rotatable bonds is 5. The Morgan fingerprint density at radius 2 is 1.88 bits per heavy atom.